The number of carbonyl (C=O) groups excluding carboxylic acids is 1. The molecule has 0 aliphatic rings. The quantitative estimate of drug-likeness (QED) is 0.417. The highest BCUT2D eigenvalue weighted by molar-refractivity contribution is 5.69. The number of hydrogen-bond donors (Lipinski definition) is 3. The zero-order chi connectivity index (χ0) is 8.69. The molecular formula is C6H13NO4. The summed E-state index contributed by atoms with van der Waals surface area (Å²) in [7, 11) is 0. The molecule has 0 spiro atoms. The van der Waals surface area contributed by atoms with E-state index in [1.807, 2.05) is 0 Å². The monoisotopic (exact) mass is 163 g/mol. The van der Waals surface area contributed by atoms with Gasteiger partial charge in [-0.2, -0.15) is 0 Å². The number of aliphatic hydroxyl groups excluding tert-OH is 2. The molecule has 4 N–H and O–H groups in total. The van der Waals surface area contributed by atoms with Crippen molar-refractivity contribution in [2.75, 3.05) is 19.8 Å². The Bertz CT molecular complexity index is 117. The first-order valence-corrected chi connectivity index (χ1v) is 3.35. The Labute approximate surface area is 64.8 Å². The van der Waals surface area contributed by atoms with Crippen LogP contribution in [-0.4, -0.2) is 42.0 Å². The summed E-state index contributed by atoms with van der Waals surface area (Å²) in [6.07, 6.45) is -0.852. The average molecular weight is 163 g/mol. The van der Waals surface area contributed by atoms with Crippen LogP contribution < -0.4 is 5.73 Å². The summed E-state index contributed by atoms with van der Waals surface area (Å²) in [5, 5.41) is 17.0. The van der Waals surface area contributed by atoms with Crippen molar-refractivity contribution in [2.45, 2.75) is 12.5 Å². The number of ether oxygens (including phenoxy) is 1. The van der Waals surface area contributed by atoms with E-state index in [9.17, 15) is 4.79 Å². The Kier molecular flexibility index (Phi) is 5.73. The Balaban J connectivity index is 3.30. The standard InChI is InChI=1S/C6H13NO4/c7-2-1-6(10)11-4-5(9)3-8/h5,8-9H,1-4,7H2. The molecule has 0 bridgehead atoms. The van der Waals surface area contributed by atoms with Gasteiger partial charge in [-0.1, -0.05) is 0 Å². The molecule has 0 aliphatic heterocycles. The molecule has 0 amide bonds. The van der Waals surface area contributed by atoms with Crippen LogP contribution >= 0.6 is 0 Å². The Morgan fingerprint density at radius 2 is 2.27 bits per heavy atom. The maximum absolute atomic E-state index is 10.6. The molecule has 0 rings (SSSR count). The Morgan fingerprint density at radius 1 is 1.64 bits per heavy atom. The average Bonchev–Trinajstić information content (AvgIpc) is 2.01. The summed E-state index contributed by atoms with van der Waals surface area (Å²) in [6, 6.07) is 0. The van der Waals surface area contributed by atoms with Crippen LogP contribution in [0.2, 0.25) is 0 Å². The van der Waals surface area contributed by atoms with Gasteiger partial charge < -0.3 is 20.7 Å². The number of esters is 1. The van der Waals surface area contributed by atoms with E-state index in [0.717, 1.165) is 0 Å². The van der Waals surface area contributed by atoms with E-state index in [4.69, 9.17) is 15.9 Å². The van der Waals surface area contributed by atoms with Crippen LogP contribution in [0, 0.1) is 0 Å². The van der Waals surface area contributed by atoms with Crippen molar-refractivity contribution < 1.29 is 19.7 Å². The normalized spacial score (nSPS) is 12.6. The molecule has 0 aromatic rings. The molecule has 0 radical (unpaired) electrons. The third-order valence-electron chi connectivity index (χ3n) is 0.996. The predicted molar refractivity (Wildman–Crippen MR) is 37.7 cm³/mol. The summed E-state index contributed by atoms with van der Waals surface area (Å²) in [6.45, 7) is -0.348. The molecule has 1 atom stereocenters. The van der Waals surface area contributed by atoms with Crippen LogP contribution in [0.1, 0.15) is 6.42 Å². The minimum atomic E-state index is -0.989. The number of hydrogen-bond acceptors (Lipinski definition) is 5. The van der Waals surface area contributed by atoms with Gasteiger partial charge in [-0.3, -0.25) is 4.79 Å². The fourth-order valence-corrected chi connectivity index (χ4v) is 0.432. The summed E-state index contributed by atoms with van der Waals surface area (Å²) in [5.74, 6) is -0.458. The molecule has 5 heteroatoms. The predicted octanol–water partition coefficient (Wildman–Crippen LogP) is -1.77. The van der Waals surface area contributed by atoms with Crippen molar-refractivity contribution in [3.8, 4) is 0 Å². The van der Waals surface area contributed by atoms with E-state index < -0.39 is 18.7 Å². The van der Waals surface area contributed by atoms with Crippen molar-refractivity contribution in [1.29, 1.82) is 0 Å². The Morgan fingerprint density at radius 3 is 2.73 bits per heavy atom. The third kappa shape index (κ3) is 5.78. The first-order chi connectivity index (χ1) is 5.20. The van der Waals surface area contributed by atoms with Crippen LogP contribution in [0.25, 0.3) is 0 Å². The zero-order valence-corrected chi connectivity index (χ0v) is 6.19. The molecular weight excluding hydrogens is 150 g/mol. The van der Waals surface area contributed by atoms with Gasteiger partial charge in [0.15, 0.2) is 0 Å². The second-order valence-corrected chi connectivity index (χ2v) is 2.06. The molecule has 11 heavy (non-hydrogen) atoms. The molecule has 0 aromatic heterocycles. The van der Waals surface area contributed by atoms with Crippen molar-refractivity contribution in [1.82, 2.24) is 0 Å². The highest BCUT2D eigenvalue weighted by Gasteiger charge is 2.05. The van der Waals surface area contributed by atoms with Crippen molar-refractivity contribution in [3.63, 3.8) is 0 Å². The van der Waals surface area contributed by atoms with Crippen LogP contribution in [-0.2, 0) is 9.53 Å². The highest BCUT2D eigenvalue weighted by atomic mass is 16.5. The maximum Gasteiger partial charge on any atom is 0.307 e. The van der Waals surface area contributed by atoms with Gasteiger partial charge in [0.2, 0.25) is 0 Å². The second-order valence-electron chi connectivity index (χ2n) is 2.06. The lowest BCUT2D eigenvalue weighted by Crippen LogP contribution is -2.22. The van der Waals surface area contributed by atoms with Crippen LogP contribution in [0.5, 0.6) is 0 Å². The third-order valence-corrected chi connectivity index (χ3v) is 0.996. The molecule has 0 aliphatic carbocycles. The molecule has 0 saturated carbocycles. The SMILES string of the molecule is NCCC(=O)OCC(O)CO. The summed E-state index contributed by atoms with van der Waals surface area (Å²) < 4.78 is 4.51. The first-order valence-electron chi connectivity index (χ1n) is 3.35. The van der Waals surface area contributed by atoms with Crippen molar-refractivity contribution in [3.05, 3.63) is 0 Å². The highest BCUT2D eigenvalue weighted by Crippen LogP contribution is 1.87. The maximum atomic E-state index is 10.6. The van der Waals surface area contributed by atoms with E-state index in [1.54, 1.807) is 0 Å². The lowest BCUT2D eigenvalue weighted by molar-refractivity contribution is -0.147. The molecule has 1 unspecified atom stereocenters. The van der Waals surface area contributed by atoms with Gasteiger partial charge in [0.1, 0.15) is 12.7 Å². The van der Waals surface area contributed by atoms with Gasteiger partial charge in [-0.25, -0.2) is 0 Å². The van der Waals surface area contributed by atoms with E-state index in [0.29, 0.717) is 0 Å². The largest absolute Gasteiger partial charge is 0.463 e. The van der Waals surface area contributed by atoms with Crippen molar-refractivity contribution >= 4 is 5.97 Å². The topological polar surface area (TPSA) is 92.8 Å². The molecule has 0 heterocycles. The van der Waals surface area contributed by atoms with E-state index >= 15 is 0 Å². The fraction of sp³-hybridized carbons (Fsp3) is 0.833. The summed E-state index contributed by atoms with van der Waals surface area (Å²) in [4.78, 5) is 10.6. The lowest BCUT2D eigenvalue weighted by Gasteiger charge is -2.07. The number of nitrogens with two attached hydrogens (primary N) is 1. The molecule has 0 fully saturated rings. The molecule has 0 saturated heterocycles. The van der Waals surface area contributed by atoms with Crippen LogP contribution in [0.3, 0.4) is 0 Å². The minimum Gasteiger partial charge on any atom is -0.463 e. The molecule has 66 valence electrons. The van der Waals surface area contributed by atoms with Crippen LogP contribution in [0.15, 0.2) is 0 Å². The van der Waals surface area contributed by atoms with Gasteiger partial charge in [0, 0.05) is 6.54 Å². The van der Waals surface area contributed by atoms with Gasteiger partial charge in [-0.05, 0) is 0 Å². The molecule has 0 aromatic carbocycles. The Hall–Kier alpha value is -0.650. The van der Waals surface area contributed by atoms with Gasteiger partial charge >= 0.3 is 5.97 Å². The minimum absolute atomic E-state index is 0.137. The van der Waals surface area contributed by atoms with Crippen molar-refractivity contribution in [2.24, 2.45) is 5.73 Å². The summed E-state index contributed by atoms with van der Waals surface area (Å²) >= 11 is 0. The number of aliphatic hydroxyl groups is 2. The smallest absolute Gasteiger partial charge is 0.307 e. The number of carbonyl (C=O) groups is 1. The second kappa shape index (κ2) is 6.09. The zero-order valence-electron chi connectivity index (χ0n) is 6.19. The van der Waals surface area contributed by atoms with Crippen LogP contribution in [0.4, 0.5) is 0 Å². The number of rotatable bonds is 5. The van der Waals surface area contributed by atoms with Gasteiger partial charge in [-0.15, -0.1) is 0 Å². The van der Waals surface area contributed by atoms with E-state index in [2.05, 4.69) is 4.74 Å². The van der Waals surface area contributed by atoms with Gasteiger partial charge in [0.25, 0.3) is 0 Å². The molecule has 5 nitrogen and oxygen atoms in total. The van der Waals surface area contributed by atoms with E-state index in [-0.39, 0.29) is 19.6 Å². The summed E-state index contributed by atoms with van der Waals surface area (Å²) in [5.41, 5.74) is 5.06. The van der Waals surface area contributed by atoms with E-state index in [1.165, 1.54) is 0 Å². The van der Waals surface area contributed by atoms with Gasteiger partial charge in [0.05, 0.1) is 13.0 Å². The lowest BCUT2D eigenvalue weighted by atomic mass is 10.4. The first kappa shape index (κ1) is 10.3. The fourth-order valence-electron chi connectivity index (χ4n) is 0.432.